The van der Waals surface area contributed by atoms with E-state index in [0.717, 1.165) is 39.9 Å². The molecule has 0 saturated carbocycles. The van der Waals surface area contributed by atoms with Gasteiger partial charge in [0.25, 0.3) is 0 Å². The molecule has 1 saturated heterocycles. The molecule has 2 aromatic carbocycles. The molecule has 33 heavy (non-hydrogen) atoms. The highest BCUT2D eigenvalue weighted by molar-refractivity contribution is 5.90. The van der Waals surface area contributed by atoms with Crippen molar-refractivity contribution in [1.29, 1.82) is 0 Å². The summed E-state index contributed by atoms with van der Waals surface area (Å²) in [5, 5.41) is 0.756. The summed E-state index contributed by atoms with van der Waals surface area (Å²) in [6.45, 7) is 4.24. The highest BCUT2D eigenvalue weighted by Crippen LogP contribution is 2.24. The third-order valence-electron chi connectivity index (χ3n) is 6.40. The van der Waals surface area contributed by atoms with Gasteiger partial charge in [-0.25, -0.2) is 4.39 Å². The predicted molar refractivity (Wildman–Crippen MR) is 126 cm³/mol. The van der Waals surface area contributed by atoms with Crippen LogP contribution in [0, 0.1) is 12.7 Å². The number of hydrogen-bond donors (Lipinski definition) is 1. The van der Waals surface area contributed by atoms with E-state index in [4.69, 9.17) is 4.74 Å². The summed E-state index contributed by atoms with van der Waals surface area (Å²) in [6.07, 6.45) is 2.10. The first-order valence-corrected chi connectivity index (χ1v) is 11.4. The van der Waals surface area contributed by atoms with Gasteiger partial charge in [0, 0.05) is 49.2 Å². The van der Waals surface area contributed by atoms with E-state index in [0.29, 0.717) is 39.0 Å². The maximum absolute atomic E-state index is 13.7. The molecule has 1 aliphatic heterocycles. The van der Waals surface area contributed by atoms with Crippen molar-refractivity contribution in [3.63, 3.8) is 0 Å². The minimum absolute atomic E-state index is 0.00999. The SMILES string of the molecule is COc1ccc(CCC(=O)N2CCCN(C(=O)Cc3c(C)[nH]c4ccc(F)cc34)CC2)cc1. The lowest BCUT2D eigenvalue weighted by Crippen LogP contribution is -2.38. The van der Waals surface area contributed by atoms with Gasteiger partial charge in [0.2, 0.25) is 11.8 Å². The summed E-state index contributed by atoms with van der Waals surface area (Å²) < 4.78 is 18.9. The van der Waals surface area contributed by atoms with Gasteiger partial charge in [-0.15, -0.1) is 0 Å². The zero-order chi connectivity index (χ0) is 23.4. The molecule has 0 atom stereocenters. The molecule has 1 N–H and O–H groups in total. The van der Waals surface area contributed by atoms with Gasteiger partial charge >= 0.3 is 0 Å². The Labute approximate surface area is 193 Å². The third-order valence-corrected chi connectivity index (χ3v) is 6.40. The first kappa shape index (κ1) is 22.8. The molecule has 0 bridgehead atoms. The highest BCUT2D eigenvalue weighted by atomic mass is 19.1. The van der Waals surface area contributed by atoms with Gasteiger partial charge in [-0.1, -0.05) is 12.1 Å². The van der Waals surface area contributed by atoms with Crippen molar-refractivity contribution in [2.24, 2.45) is 0 Å². The molecule has 7 heteroatoms. The second kappa shape index (κ2) is 10.1. The van der Waals surface area contributed by atoms with Gasteiger partial charge in [0.05, 0.1) is 13.5 Å². The van der Waals surface area contributed by atoms with E-state index in [9.17, 15) is 14.0 Å². The topological polar surface area (TPSA) is 65.6 Å². The lowest BCUT2D eigenvalue weighted by atomic mass is 10.1. The standard InChI is InChI=1S/C26H30FN3O3/c1-18-22(23-16-20(27)7-10-24(23)28-18)17-26(32)30-13-3-12-29(14-15-30)25(31)11-6-19-4-8-21(33-2)9-5-19/h4-5,7-10,16,28H,3,6,11-15,17H2,1-2H3. The van der Waals surface area contributed by atoms with Crippen LogP contribution in [-0.4, -0.2) is 59.9 Å². The number of methoxy groups -OCH3 is 1. The molecule has 174 valence electrons. The number of halogens is 1. The number of carbonyl (C=O) groups excluding carboxylic acids is 2. The summed E-state index contributed by atoms with van der Waals surface area (Å²) in [4.78, 5) is 32.7. The van der Waals surface area contributed by atoms with Crippen LogP contribution in [0.4, 0.5) is 4.39 Å². The fourth-order valence-electron chi connectivity index (χ4n) is 4.46. The van der Waals surface area contributed by atoms with Crippen LogP contribution in [0.1, 0.15) is 29.7 Å². The van der Waals surface area contributed by atoms with Crippen molar-refractivity contribution in [3.8, 4) is 5.75 Å². The number of hydrogen-bond acceptors (Lipinski definition) is 3. The second-order valence-electron chi connectivity index (χ2n) is 8.56. The normalized spacial score (nSPS) is 14.4. The molecule has 0 unspecified atom stereocenters. The summed E-state index contributed by atoms with van der Waals surface area (Å²) in [7, 11) is 1.63. The van der Waals surface area contributed by atoms with Crippen LogP contribution in [0.15, 0.2) is 42.5 Å². The molecule has 1 aromatic heterocycles. The average molecular weight is 452 g/mol. The Morgan fingerprint density at radius 3 is 2.39 bits per heavy atom. The molecular formula is C26H30FN3O3. The summed E-state index contributed by atoms with van der Waals surface area (Å²) in [5.74, 6) is 0.614. The van der Waals surface area contributed by atoms with Crippen LogP contribution in [0.2, 0.25) is 0 Å². The molecule has 0 spiro atoms. The fourth-order valence-corrected chi connectivity index (χ4v) is 4.46. The number of fused-ring (bicyclic) bond motifs is 1. The Morgan fingerprint density at radius 2 is 1.70 bits per heavy atom. The van der Waals surface area contributed by atoms with E-state index >= 15 is 0 Å². The Morgan fingerprint density at radius 1 is 1.00 bits per heavy atom. The quantitative estimate of drug-likeness (QED) is 0.619. The third kappa shape index (κ3) is 5.35. The summed E-state index contributed by atoms with van der Waals surface area (Å²) >= 11 is 0. The van der Waals surface area contributed by atoms with Crippen molar-refractivity contribution < 1.29 is 18.7 Å². The van der Waals surface area contributed by atoms with Crippen LogP contribution < -0.4 is 4.74 Å². The number of aryl methyl sites for hydroxylation is 2. The number of H-pyrrole nitrogens is 1. The minimum atomic E-state index is -0.311. The van der Waals surface area contributed by atoms with Crippen molar-refractivity contribution in [3.05, 3.63) is 65.1 Å². The first-order valence-electron chi connectivity index (χ1n) is 11.4. The molecule has 0 aliphatic carbocycles. The zero-order valence-electron chi connectivity index (χ0n) is 19.2. The van der Waals surface area contributed by atoms with Gasteiger partial charge in [0.1, 0.15) is 11.6 Å². The van der Waals surface area contributed by atoms with Crippen molar-refractivity contribution in [1.82, 2.24) is 14.8 Å². The zero-order valence-corrected chi connectivity index (χ0v) is 19.2. The van der Waals surface area contributed by atoms with Crippen LogP contribution in [0.5, 0.6) is 5.75 Å². The van der Waals surface area contributed by atoms with E-state index in [1.807, 2.05) is 41.0 Å². The molecule has 3 aromatic rings. The summed E-state index contributed by atoms with van der Waals surface area (Å²) in [5.41, 5.74) is 3.66. The molecule has 6 nitrogen and oxygen atoms in total. The number of carbonyl (C=O) groups is 2. The first-order chi connectivity index (χ1) is 15.9. The highest BCUT2D eigenvalue weighted by Gasteiger charge is 2.23. The van der Waals surface area contributed by atoms with Gasteiger partial charge < -0.3 is 19.5 Å². The van der Waals surface area contributed by atoms with Crippen LogP contribution in [-0.2, 0) is 22.4 Å². The van der Waals surface area contributed by atoms with E-state index in [-0.39, 0.29) is 24.1 Å². The predicted octanol–water partition coefficient (Wildman–Crippen LogP) is 3.86. The number of aromatic amines is 1. The van der Waals surface area contributed by atoms with E-state index in [2.05, 4.69) is 4.98 Å². The number of ether oxygens (including phenoxy) is 1. The molecular weight excluding hydrogens is 421 g/mol. The van der Waals surface area contributed by atoms with E-state index in [1.165, 1.54) is 12.1 Å². The fraction of sp³-hybridized carbons (Fsp3) is 0.385. The molecule has 1 fully saturated rings. The van der Waals surface area contributed by atoms with Crippen molar-refractivity contribution >= 4 is 22.7 Å². The molecule has 0 radical (unpaired) electrons. The van der Waals surface area contributed by atoms with Crippen LogP contribution >= 0.6 is 0 Å². The Kier molecular flexibility index (Phi) is 6.96. The second-order valence-corrected chi connectivity index (χ2v) is 8.56. The van der Waals surface area contributed by atoms with Crippen molar-refractivity contribution in [2.75, 3.05) is 33.3 Å². The molecule has 4 rings (SSSR count). The van der Waals surface area contributed by atoms with Crippen molar-refractivity contribution in [2.45, 2.75) is 32.6 Å². The van der Waals surface area contributed by atoms with Crippen LogP contribution in [0.3, 0.4) is 0 Å². The number of benzene rings is 2. The largest absolute Gasteiger partial charge is 0.497 e. The molecule has 2 amide bonds. The number of nitrogens with zero attached hydrogens (tertiary/aromatic N) is 2. The van der Waals surface area contributed by atoms with Gasteiger partial charge in [0.15, 0.2) is 0 Å². The smallest absolute Gasteiger partial charge is 0.227 e. The number of nitrogens with one attached hydrogen (secondary N) is 1. The lowest BCUT2D eigenvalue weighted by molar-refractivity contribution is -0.133. The maximum atomic E-state index is 13.7. The number of aromatic nitrogens is 1. The monoisotopic (exact) mass is 451 g/mol. The van der Waals surface area contributed by atoms with Crippen LogP contribution in [0.25, 0.3) is 10.9 Å². The van der Waals surface area contributed by atoms with E-state index < -0.39 is 0 Å². The Balaban J connectivity index is 1.33. The minimum Gasteiger partial charge on any atom is -0.497 e. The van der Waals surface area contributed by atoms with Gasteiger partial charge in [-0.05, 0) is 61.2 Å². The lowest BCUT2D eigenvalue weighted by Gasteiger charge is -2.22. The van der Waals surface area contributed by atoms with E-state index in [1.54, 1.807) is 13.2 Å². The molecule has 2 heterocycles. The molecule has 1 aliphatic rings. The number of rotatable bonds is 6. The number of amides is 2. The summed E-state index contributed by atoms with van der Waals surface area (Å²) in [6, 6.07) is 12.4. The Hall–Kier alpha value is -3.35. The van der Waals surface area contributed by atoms with Gasteiger partial charge in [-0.2, -0.15) is 0 Å². The average Bonchev–Trinajstić information content (AvgIpc) is 2.98. The maximum Gasteiger partial charge on any atom is 0.227 e. The van der Waals surface area contributed by atoms with Gasteiger partial charge in [-0.3, -0.25) is 9.59 Å². The Bertz CT molecular complexity index is 1140.